The summed E-state index contributed by atoms with van der Waals surface area (Å²) in [5, 5.41) is 0. The molecule has 0 saturated carbocycles. The fraction of sp³-hybridized carbons (Fsp3) is 0.278. The Bertz CT molecular complexity index is 954. The van der Waals surface area contributed by atoms with Crippen LogP contribution in [0.25, 0.3) is 6.08 Å². The molecule has 0 amide bonds. The molecule has 27 heavy (non-hydrogen) atoms. The van der Waals surface area contributed by atoms with Crippen molar-refractivity contribution in [2.24, 2.45) is 0 Å². The molecule has 142 valence electrons. The molecule has 9 heteroatoms. The fourth-order valence-corrected chi connectivity index (χ4v) is 3.61. The normalized spacial score (nSPS) is 22.2. The third-order valence-corrected chi connectivity index (χ3v) is 5.33. The van der Waals surface area contributed by atoms with Crippen molar-refractivity contribution in [3.63, 3.8) is 0 Å². The number of hydrogen-bond acceptors (Lipinski definition) is 5. The Morgan fingerprint density at radius 3 is 2.78 bits per heavy atom. The maximum atomic E-state index is 12.1. The lowest BCUT2D eigenvalue weighted by Crippen LogP contribution is -2.33. The number of nitrogens with one attached hydrogen (secondary N) is 1. The number of alkyl halides is 1. The van der Waals surface area contributed by atoms with Gasteiger partial charge in [0.05, 0.1) is 11.1 Å². The van der Waals surface area contributed by atoms with Gasteiger partial charge in [0.2, 0.25) is 0 Å². The largest absolute Gasteiger partial charge is 0.459 e. The van der Waals surface area contributed by atoms with E-state index in [1.54, 1.807) is 24.3 Å². The highest BCUT2D eigenvalue weighted by molar-refractivity contribution is 9.11. The van der Waals surface area contributed by atoms with E-state index in [1.165, 1.54) is 21.8 Å². The first-order valence-electron chi connectivity index (χ1n) is 8.13. The van der Waals surface area contributed by atoms with Crippen molar-refractivity contribution in [2.75, 3.05) is 6.61 Å². The van der Waals surface area contributed by atoms with E-state index in [2.05, 4.69) is 36.8 Å². The topological polar surface area (TPSA) is 90.4 Å². The van der Waals surface area contributed by atoms with Crippen LogP contribution in [-0.4, -0.2) is 33.1 Å². The molecule has 2 aromatic rings. The van der Waals surface area contributed by atoms with Gasteiger partial charge in [-0.2, -0.15) is 0 Å². The smallest absolute Gasteiger partial charge is 0.338 e. The first-order valence-corrected chi connectivity index (χ1v) is 9.96. The van der Waals surface area contributed by atoms with Gasteiger partial charge in [0.1, 0.15) is 18.9 Å². The second kappa shape index (κ2) is 8.81. The zero-order valence-corrected chi connectivity index (χ0v) is 17.2. The van der Waals surface area contributed by atoms with Gasteiger partial charge in [-0.15, -0.1) is 0 Å². The molecular weight excluding hydrogens is 484 g/mol. The van der Waals surface area contributed by atoms with Crippen molar-refractivity contribution in [1.29, 1.82) is 0 Å². The summed E-state index contributed by atoms with van der Waals surface area (Å²) < 4.78 is 12.5. The summed E-state index contributed by atoms with van der Waals surface area (Å²) in [5.41, 5.74) is -0.256. The molecule has 0 aliphatic carbocycles. The highest BCUT2D eigenvalue weighted by atomic mass is 79.9. The summed E-state index contributed by atoms with van der Waals surface area (Å²) >= 11 is 6.62. The van der Waals surface area contributed by atoms with Crippen LogP contribution in [0.3, 0.4) is 0 Å². The Balaban J connectivity index is 1.70. The fourth-order valence-electron chi connectivity index (χ4n) is 2.73. The average Bonchev–Trinajstić information content (AvgIpc) is 3.03. The lowest BCUT2D eigenvalue weighted by molar-refractivity contribution is -0.0329. The molecule has 7 nitrogen and oxygen atoms in total. The first-order chi connectivity index (χ1) is 13.0. The van der Waals surface area contributed by atoms with Gasteiger partial charge >= 0.3 is 11.7 Å². The first kappa shape index (κ1) is 19.8. The molecule has 0 bridgehead atoms. The van der Waals surface area contributed by atoms with Crippen molar-refractivity contribution in [3.05, 3.63) is 73.5 Å². The summed E-state index contributed by atoms with van der Waals surface area (Å²) in [6, 6.07) is 8.67. The zero-order valence-electron chi connectivity index (χ0n) is 14.0. The molecule has 1 fully saturated rings. The van der Waals surface area contributed by atoms with E-state index >= 15 is 0 Å². The molecule has 1 saturated heterocycles. The lowest BCUT2D eigenvalue weighted by atomic mass is 10.2. The standard InChI is InChI=1S/C18H16Br2N2O5/c19-7-6-12-9-22(18(25)21-16(12)23)15-8-13(20)14(27-15)10-26-17(24)11-4-2-1-3-5-11/h1-7,9,13-15H,8,10H2,(H,21,23,25)/b7-6+/t13?,14-,15-/m0/s1. The molecule has 3 atom stereocenters. The van der Waals surface area contributed by atoms with Crippen LogP contribution in [-0.2, 0) is 9.47 Å². The molecule has 1 aromatic carbocycles. The number of aromatic nitrogens is 2. The van der Waals surface area contributed by atoms with E-state index in [9.17, 15) is 14.4 Å². The van der Waals surface area contributed by atoms with Gasteiger partial charge in [-0.05, 0) is 23.2 Å². The molecule has 0 radical (unpaired) electrons. The van der Waals surface area contributed by atoms with E-state index in [0.29, 0.717) is 17.5 Å². The van der Waals surface area contributed by atoms with E-state index in [0.717, 1.165) is 0 Å². The van der Waals surface area contributed by atoms with Gasteiger partial charge in [-0.3, -0.25) is 14.3 Å². The number of rotatable bonds is 5. The second-order valence-electron chi connectivity index (χ2n) is 5.89. The minimum absolute atomic E-state index is 0.0480. The summed E-state index contributed by atoms with van der Waals surface area (Å²) in [6.45, 7) is 0.0480. The predicted molar refractivity (Wildman–Crippen MR) is 107 cm³/mol. The van der Waals surface area contributed by atoms with E-state index in [-0.39, 0.29) is 11.4 Å². The van der Waals surface area contributed by atoms with Gasteiger partial charge in [-0.1, -0.05) is 50.1 Å². The molecule has 0 spiro atoms. The van der Waals surface area contributed by atoms with E-state index < -0.39 is 29.6 Å². The Morgan fingerprint density at radius 1 is 1.33 bits per heavy atom. The SMILES string of the molecule is O=C(OC[C@@H]1O[C@H](n2cc(/C=C/Br)c(=O)[nH]c2=O)CC1Br)c1ccccc1. The average molecular weight is 500 g/mol. The number of aromatic amines is 1. The number of halogens is 2. The number of benzene rings is 1. The molecule has 2 heterocycles. The zero-order chi connectivity index (χ0) is 19.4. The van der Waals surface area contributed by atoms with Crippen molar-refractivity contribution in [3.8, 4) is 0 Å². The number of hydrogen-bond donors (Lipinski definition) is 1. The Kier molecular flexibility index (Phi) is 6.46. The number of carbonyl (C=O) groups excluding carboxylic acids is 1. The Labute approximate surface area is 171 Å². The lowest BCUT2D eigenvalue weighted by Gasteiger charge is -2.16. The molecule has 1 N–H and O–H groups in total. The van der Waals surface area contributed by atoms with Gasteiger partial charge in [0.15, 0.2) is 0 Å². The number of ether oxygens (including phenoxy) is 2. The monoisotopic (exact) mass is 498 g/mol. The number of carbonyl (C=O) groups is 1. The van der Waals surface area contributed by atoms with Crippen LogP contribution in [0.4, 0.5) is 0 Å². The van der Waals surface area contributed by atoms with Crippen LogP contribution in [0.15, 0.2) is 51.1 Å². The van der Waals surface area contributed by atoms with Crippen LogP contribution >= 0.6 is 31.9 Å². The van der Waals surface area contributed by atoms with Crippen molar-refractivity contribution >= 4 is 43.9 Å². The molecule has 3 rings (SSSR count). The van der Waals surface area contributed by atoms with E-state index in [4.69, 9.17) is 9.47 Å². The van der Waals surface area contributed by atoms with Gasteiger partial charge in [0.25, 0.3) is 5.56 Å². The van der Waals surface area contributed by atoms with Gasteiger partial charge in [-0.25, -0.2) is 9.59 Å². The minimum atomic E-state index is -0.582. The van der Waals surface area contributed by atoms with Crippen molar-refractivity contribution < 1.29 is 14.3 Å². The third-order valence-electron chi connectivity index (χ3n) is 4.10. The number of esters is 1. The van der Waals surface area contributed by atoms with Crippen LogP contribution in [0.2, 0.25) is 0 Å². The predicted octanol–water partition coefficient (Wildman–Crippen LogP) is 2.81. The Hall–Kier alpha value is -1.97. The number of nitrogens with zero attached hydrogens (tertiary/aromatic N) is 1. The van der Waals surface area contributed by atoms with Crippen LogP contribution in [0, 0.1) is 0 Å². The quantitative estimate of drug-likeness (QED) is 0.504. The van der Waals surface area contributed by atoms with Gasteiger partial charge < -0.3 is 9.47 Å². The van der Waals surface area contributed by atoms with Crippen molar-refractivity contribution in [1.82, 2.24) is 9.55 Å². The third kappa shape index (κ3) is 4.66. The Morgan fingerprint density at radius 2 is 2.07 bits per heavy atom. The summed E-state index contributed by atoms with van der Waals surface area (Å²) in [6.07, 6.45) is 2.46. The van der Waals surface area contributed by atoms with E-state index in [1.807, 2.05) is 6.07 Å². The highest BCUT2D eigenvalue weighted by Gasteiger charge is 2.36. The van der Waals surface area contributed by atoms with Crippen LogP contribution < -0.4 is 11.2 Å². The minimum Gasteiger partial charge on any atom is -0.459 e. The van der Waals surface area contributed by atoms with Gasteiger partial charge in [0, 0.05) is 17.4 Å². The summed E-state index contributed by atoms with van der Waals surface area (Å²) in [5.74, 6) is -0.437. The molecule has 1 aliphatic heterocycles. The maximum Gasteiger partial charge on any atom is 0.338 e. The van der Waals surface area contributed by atoms with Crippen LogP contribution in [0.1, 0.15) is 28.6 Å². The summed E-state index contributed by atoms with van der Waals surface area (Å²) in [7, 11) is 0. The number of H-pyrrole nitrogens is 1. The maximum absolute atomic E-state index is 12.1. The van der Waals surface area contributed by atoms with Crippen molar-refractivity contribution in [2.45, 2.75) is 23.6 Å². The summed E-state index contributed by atoms with van der Waals surface area (Å²) in [4.78, 5) is 39.7. The second-order valence-corrected chi connectivity index (χ2v) is 7.59. The molecule has 1 aromatic heterocycles. The molecular formula is C18H16Br2N2O5. The van der Waals surface area contributed by atoms with Crippen LogP contribution in [0.5, 0.6) is 0 Å². The molecule has 1 unspecified atom stereocenters. The highest BCUT2D eigenvalue weighted by Crippen LogP contribution is 2.32. The molecule has 1 aliphatic rings.